The second-order valence-electron chi connectivity index (χ2n) is 17.0. The largest absolute Gasteiger partial charge is 0.481 e. The van der Waals surface area contributed by atoms with Crippen molar-refractivity contribution in [1.29, 1.82) is 0 Å². The van der Waals surface area contributed by atoms with Crippen molar-refractivity contribution in [2.45, 2.75) is 66.7 Å². The molecule has 4 aromatic carbocycles. The van der Waals surface area contributed by atoms with Crippen LogP contribution in [-0.2, 0) is 27.4 Å². The van der Waals surface area contributed by atoms with E-state index in [-0.39, 0.29) is 36.3 Å². The number of carbonyl (C=O) groups excluding carboxylic acids is 1. The van der Waals surface area contributed by atoms with Crippen molar-refractivity contribution in [1.82, 2.24) is 29.1 Å². The lowest BCUT2D eigenvalue weighted by Crippen LogP contribution is -2.35. The van der Waals surface area contributed by atoms with Crippen molar-refractivity contribution in [3.63, 3.8) is 0 Å². The summed E-state index contributed by atoms with van der Waals surface area (Å²) >= 11 is 0. The molecule has 0 fully saturated rings. The number of aliphatic carboxylic acids is 1. The summed E-state index contributed by atoms with van der Waals surface area (Å²) in [5.41, 5.74) is 0.529. The number of carboxylic acid groups (broad SMARTS) is 1. The highest BCUT2D eigenvalue weighted by atomic mass is 16.5. The quantitative estimate of drug-likeness (QED) is 0.0998. The van der Waals surface area contributed by atoms with Crippen LogP contribution >= 0.6 is 0 Å². The van der Waals surface area contributed by atoms with Gasteiger partial charge in [0.1, 0.15) is 11.3 Å². The predicted molar refractivity (Wildman–Crippen MR) is 247 cm³/mol. The van der Waals surface area contributed by atoms with Crippen LogP contribution in [-0.4, -0.2) is 53.2 Å². The van der Waals surface area contributed by atoms with Crippen LogP contribution in [0.4, 0.5) is 11.9 Å². The molecule has 14 heteroatoms. The van der Waals surface area contributed by atoms with E-state index in [1.807, 2.05) is 38.1 Å². The molecule has 0 aliphatic heterocycles. The molecule has 2 atom stereocenters. The second kappa shape index (κ2) is 17.9. The number of methoxy groups -OCH3 is 1. The number of rotatable bonds is 12. The average molecular weight is 847 g/mol. The topological polar surface area (TPSA) is 183 Å². The van der Waals surface area contributed by atoms with E-state index in [0.717, 1.165) is 21.9 Å². The molecule has 0 unspecified atom stereocenters. The first kappa shape index (κ1) is 43.6. The normalized spacial score (nSPS) is 12.7. The first-order valence-corrected chi connectivity index (χ1v) is 20.6. The van der Waals surface area contributed by atoms with E-state index in [1.54, 1.807) is 52.2 Å². The van der Waals surface area contributed by atoms with Gasteiger partial charge in [0.15, 0.2) is 0 Å². The van der Waals surface area contributed by atoms with Crippen molar-refractivity contribution in [2.75, 3.05) is 17.7 Å². The summed E-state index contributed by atoms with van der Waals surface area (Å²) in [7, 11) is 1.34. The number of hydrogen-bond acceptors (Lipinski definition) is 11. The number of carbonyl (C=O) groups is 2. The van der Waals surface area contributed by atoms with Crippen molar-refractivity contribution in [3.05, 3.63) is 153 Å². The number of hydrogen-bond donors (Lipinski definition) is 3. The molecule has 0 spiro atoms. The number of pyridine rings is 2. The molecule has 322 valence electrons. The summed E-state index contributed by atoms with van der Waals surface area (Å²) in [6.45, 7) is 10.9. The van der Waals surface area contributed by atoms with Crippen molar-refractivity contribution < 1.29 is 19.4 Å². The Morgan fingerprint density at radius 3 is 1.41 bits per heavy atom. The zero-order valence-corrected chi connectivity index (χ0v) is 36.3. The summed E-state index contributed by atoms with van der Waals surface area (Å²) in [6, 6.07) is 35.0. The lowest BCUT2D eigenvalue weighted by molar-refractivity contribution is -0.151. The highest BCUT2D eigenvalue weighted by Gasteiger charge is 2.31. The molecule has 0 saturated heterocycles. The Balaban J connectivity index is 0.000000189. The fourth-order valence-corrected chi connectivity index (χ4v) is 7.29. The molecule has 14 nitrogen and oxygen atoms in total. The first-order chi connectivity index (χ1) is 30.0. The summed E-state index contributed by atoms with van der Waals surface area (Å²) in [6.07, 6.45) is 3.32. The van der Waals surface area contributed by atoms with Crippen LogP contribution in [0.15, 0.2) is 131 Å². The van der Waals surface area contributed by atoms with Gasteiger partial charge in [0.05, 0.1) is 30.0 Å². The molecular weight excluding hydrogens is 797 g/mol. The Labute approximate surface area is 363 Å². The minimum Gasteiger partial charge on any atom is -0.481 e. The molecule has 4 aromatic heterocycles. The number of nitrogens with zero attached hydrogens (tertiary/aromatic N) is 6. The van der Waals surface area contributed by atoms with E-state index in [1.165, 1.54) is 39.1 Å². The Bertz CT molecular complexity index is 3120. The second-order valence-corrected chi connectivity index (χ2v) is 17.0. The lowest BCUT2D eigenvalue weighted by atomic mass is 9.93. The summed E-state index contributed by atoms with van der Waals surface area (Å²) in [4.78, 5) is 66.9. The van der Waals surface area contributed by atoms with E-state index in [2.05, 4.69) is 91.2 Å². The van der Waals surface area contributed by atoms with Gasteiger partial charge in [-0.1, -0.05) is 72.8 Å². The highest BCUT2D eigenvalue weighted by Crippen LogP contribution is 2.27. The smallest absolute Gasteiger partial charge is 0.313 e. The van der Waals surface area contributed by atoms with E-state index >= 15 is 0 Å². The van der Waals surface area contributed by atoms with Gasteiger partial charge in [0.2, 0.25) is 11.9 Å². The summed E-state index contributed by atoms with van der Waals surface area (Å²) < 4.78 is 7.80. The van der Waals surface area contributed by atoms with Crippen LogP contribution in [0.5, 0.6) is 0 Å². The monoisotopic (exact) mass is 846 g/mol. The third-order valence-electron chi connectivity index (χ3n) is 11.1. The predicted octanol–water partition coefficient (Wildman–Crippen LogP) is 8.55. The molecule has 0 aliphatic rings. The van der Waals surface area contributed by atoms with Crippen molar-refractivity contribution >= 4 is 67.4 Å². The summed E-state index contributed by atoms with van der Waals surface area (Å²) in [5.74, 6) is -0.582. The van der Waals surface area contributed by atoms with Crippen molar-refractivity contribution in [3.8, 4) is 0 Å². The van der Waals surface area contributed by atoms with E-state index in [9.17, 15) is 24.3 Å². The minimum absolute atomic E-state index is 0.00912. The maximum absolute atomic E-state index is 12.6. The van der Waals surface area contributed by atoms with Gasteiger partial charge in [-0.3, -0.25) is 28.3 Å². The third-order valence-corrected chi connectivity index (χ3v) is 11.1. The maximum Gasteiger partial charge on any atom is 0.313 e. The van der Waals surface area contributed by atoms with Crippen LogP contribution in [0.25, 0.3) is 43.6 Å². The van der Waals surface area contributed by atoms with Gasteiger partial charge in [-0.15, -0.1) is 0 Å². The fraction of sp³-hybridized carbons (Fsp3) is 0.265. The SMILES string of the molecule is COC(=O)C(C)(C)Cn1c(=O)ccc2cnc(N[C@@H](C)c3ccc4ccccc4c3)nc21.C[C@H](Nc1ncc2ccc(=O)n(CC(C)(C)C(=O)O)c2n1)c1ccc2ccccc2c1. The van der Waals surface area contributed by atoms with Crippen LogP contribution in [0.3, 0.4) is 0 Å². The number of anilines is 2. The maximum atomic E-state index is 12.6. The number of carboxylic acids is 1. The first-order valence-electron chi connectivity index (χ1n) is 20.6. The van der Waals surface area contributed by atoms with E-state index in [0.29, 0.717) is 34.0 Å². The van der Waals surface area contributed by atoms with Gasteiger partial charge in [0.25, 0.3) is 11.1 Å². The Morgan fingerprint density at radius 2 is 1.00 bits per heavy atom. The zero-order valence-electron chi connectivity index (χ0n) is 36.3. The Hall–Kier alpha value is -7.48. The number of nitrogens with one attached hydrogen (secondary N) is 2. The highest BCUT2D eigenvalue weighted by molar-refractivity contribution is 5.84. The molecule has 8 rings (SSSR count). The fourth-order valence-electron chi connectivity index (χ4n) is 7.29. The molecule has 0 aliphatic carbocycles. The Morgan fingerprint density at radius 1 is 0.603 bits per heavy atom. The van der Waals surface area contributed by atoms with Gasteiger partial charge >= 0.3 is 11.9 Å². The van der Waals surface area contributed by atoms with Crippen LogP contribution in [0.2, 0.25) is 0 Å². The Kier molecular flexibility index (Phi) is 12.4. The van der Waals surface area contributed by atoms with E-state index < -0.39 is 22.8 Å². The third kappa shape index (κ3) is 9.70. The standard InChI is InChI=1S/C25H26N4O3.C24H24N4O3/c1-16(18-10-9-17-7-5-6-8-19(17)13-18)27-24-26-14-20-11-12-21(30)29(22(20)28-24)15-25(2,3)23(31)32-4;1-15(17-9-8-16-6-4-5-7-18(16)12-17)26-23-25-13-19-10-11-20(29)28(21(19)27-23)14-24(2,3)22(30)31/h5-14,16H,15H2,1-4H3,(H,26,27,28);4-13,15H,14H2,1-3H3,(H,30,31)(H,25,26,27)/t16-;15-/m00/s1. The molecule has 8 aromatic rings. The van der Waals surface area contributed by atoms with Crippen LogP contribution in [0.1, 0.15) is 64.8 Å². The zero-order chi connectivity index (χ0) is 45.1. The van der Waals surface area contributed by atoms with Gasteiger partial charge in [-0.25, -0.2) is 9.97 Å². The van der Waals surface area contributed by atoms with Crippen LogP contribution < -0.4 is 21.8 Å². The number of ether oxygens (including phenoxy) is 1. The van der Waals surface area contributed by atoms with Crippen molar-refractivity contribution in [2.24, 2.45) is 10.8 Å². The molecule has 0 bridgehead atoms. The number of aromatic nitrogens is 6. The molecule has 0 amide bonds. The van der Waals surface area contributed by atoms with E-state index in [4.69, 9.17) is 4.74 Å². The molecular formula is C49H50N8O6. The minimum atomic E-state index is -1.12. The molecule has 0 saturated carbocycles. The molecule has 3 N–H and O–H groups in total. The summed E-state index contributed by atoms with van der Waals surface area (Å²) in [5, 5.41) is 22.2. The van der Waals surface area contributed by atoms with Gasteiger partial charge in [-0.2, -0.15) is 9.97 Å². The average Bonchev–Trinajstić information content (AvgIpc) is 3.27. The number of benzene rings is 4. The molecule has 0 radical (unpaired) electrons. The van der Waals surface area contributed by atoms with Gasteiger partial charge in [0, 0.05) is 48.4 Å². The molecule has 63 heavy (non-hydrogen) atoms. The molecule has 4 heterocycles. The van der Waals surface area contributed by atoms with Gasteiger partial charge in [-0.05, 0) is 98.5 Å². The number of fused-ring (bicyclic) bond motifs is 4. The lowest BCUT2D eigenvalue weighted by Gasteiger charge is -2.23. The number of esters is 1. The van der Waals surface area contributed by atoms with Gasteiger partial charge < -0.3 is 20.5 Å². The van der Waals surface area contributed by atoms with Crippen LogP contribution in [0, 0.1) is 10.8 Å².